The van der Waals surface area contributed by atoms with E-state index in [2.05, 4.69) is 15.4 Å². The zero-order chi connectivity index (χ0) is 6.81. The Labute approximate surface area is 57.2 Å². The Morgan fingerprint density at radius 1 is 1.50 bits per heavy atom. The molecule has 0 saturated carbocycles. The van der Waals surface area contributed by atoms with E-state index in [0.29, 0.717) is 5.75 Å². The van der Waals surface area contributed by atoms with Crippen LogP contribution < -0.4 is 4.84 Å². The van der Waals surface area contributed by atoms with Crippen LogP contribution >= 0.6 is 0 Å². The van der Waals surface area contributed by atoms with Crippen molar-refractivity contribution >= 4 is 6.08 Å². The van der Waals surface area contributed by atoms with Crippen LogP contribution in [0.1, 0.15) is 5.69 Å². The summed E-state index contributed by atoms with van der Waals surface area (Å²) in [5.74, 6) is 0.706. The molecule has 2 rings (SSSR count). The van der Waals surface area contributed by atoms with Gasteiger partial charge in [0, 0.05) is 17.5 Å². The molecule has 0 amide bonds. The third-order valence-electron chi connectivity index (χ3n) is 1.23. The number of H-pyrrole nitrogens is 1. The Kier molecular flexibility index (Phi) is 1.04. The van der Waals surface area contributed by atoms with Crippen LogP contribution in [0.15, 0.2) is 28.9 Å². The van der Waals surface area contributed by atoms with Crippen LogP contribution in [-0.2, 0) is 0 Å². The van der Waals surface area contributed by atoms with Gasteiger partial charge >= 0.3 is 0 Å². The number of aromatic nitrogens is 1. The SMILES string of the molecule is C1=Cc2[nH]ccc2ON=N1. The van der Waals surface area contributed by atoms with Crippen LogP contribution in [0, 0.1) is 0 Å². The summed E-state index contributed by atoms with van der Waals surface area (Å²) in [6, 6.07) is 1.80. The minimum Gasteiger partial charge on any atom is -0.358 e. The molecule has 50 valence electrons. The molecule has 0 saturated heterocycles. The van der Waals surface area contributed by atoms with Crippen molar-refractivity contribution in [1.29, 1.82) is 0 Å². The maximum Gasteiger partial charge on any atom is 0.184 e. The molecule has 10 heavy (non-hydrogen) atoms. The van der Waals surface area contributed by atoms with Crippen molar-refractivity contribution in [2.45, 2.75) is 0 Å². The number of aromatic amines is 1. The molecule has 1 aliphatic heterocycles. The second-order valence-corrected chi connectivity index (χ2v) is 1.86. The first-order valence-corrected chi connectivity index (χ1v) is 2.88. The second-order valence-electron chi connectivity index (χ2n) is 1.86. The predicted octanol–water partition coefficient (Wildman–Crippen LogP) is 1.74. The van der Waals surface area contributed by atoms with E-state index in [1.807, 2.05) is 0 Å². The van der Waals surface area contributed by atoms with E-state index < -0.39 is 0 Å². The van der Waals surface area contributed by atoms with Gasteiger partial charge in [-0.2, -0.15) is 0 Å². The first-order valence-electron chi connectivity index (χ1n) is 2.88. The minimum atomic E-state index is 0.706. The number of nitrogens with one attached hydrogen (secondary N) is 1. The molecule has 1 aliphatic rings. The van der Waals surface area contributed by atoms with E-state index in [0.717, 1.165) is 5.69 Å². The Morgan fingerprint density at radius 3 is 3.50 bits per heavy atom. The maximum absolute atomic E-state index is 4.85. The van der Waals surface area contributed by atoms with Crippen molar-refractivity contribution in [3.63, 3.8) is 0 Å². The zero-order valence-corrected chi connectivity index (χ0v) is 5.11. The summed E-state index contributed by atoms with van der Waals surface area (Å²) in [5.41, 5.74) is 0.894. The molecule has 4 heteroatoms. The lowest BCUT2D eigenvalue weighted by Crippen LogP contribution is -1.78. The number of hydrogen-bond donors (Lipinski definition) is 1. The molecule has 0 spiro atoms. The maximum atomic E-state index is 4.85. The van der Waals surface area contributed by atoms with Gasteiger partial charge in [0.05, 0.1) is 11.9 Å². The highest BCUT2D eigenvalue weighted by Gasteiger charge is 2.02. The van der Waals surface area contributed by atoms with Gasteiger partial charge in [0.15, 0.2) is 5.75 Å². The monoisotopic (exact) mass is 135 g/mol. The minimum absolute atomic E-state index is 0.706. The summed E-state index contributed by atoms with van der Waals surface area (Å²) in [6.07, 6.45) is 5.16. The molecule has 0 atom stereocenters. The first-order chi connectivity index (χ1) is 4.97. The lowest BCUT2D eigenvalue weighted by atomic mass is 10.4. The van der Waals surface area contributed by atoms with Gasteiger partial charge in [-0.05, 0) is 6.08 Å². The van der Waals surface area contributed by atoms with Crippen molar-refractivity contribution in [3.05, 3.63) is 24.2 Å². The molecule has 0 radical (unpaired) electrons. The van der Waals surface area contributed by atoms with Crippen LogP contribution in [0.2, 0.25) is 0 Å². The molecule has 4 nitrogen and oxygen atoms in total. The molecule has 1 N–H and O–H groups in total. The highest BCUT2D eigenvalue weighted by atomic mass is 16.6. The first kappa shape index (κ1) is 5.22. The summed E-state index contributed by atoms with van der Waals surface area (Å²) in [5, 5.41) is 6.96. The fourth-order valence-electron chi connectivity index (χ4n) is 0.781. The van der Waals surface area contributed by atoms with Crippen molar-refractivity contribution in [2.75, 3.05) is 0 Å². The number of nitrogens with zero attached hydrogens (tertiary/aromatic N) is 2. The Morgan fingerprint density at radius 2 is 2.50 bits per heavy atom. The summed E-state index contributed by atoms with van der Waals surface area (Å²) in [4.78, 5) is 7.82. The molecule has 0 aliphatic carbocycles. The van der Waals surface area contributed by atoms with Gasteiger partial charge in [-0.15, -0.1) is 5.11 Å². The van der Waals surface area contributed by atoms with Gasteiger partial charge in [0.2, 0.25) is 0 Å². The largest absolute Gasteiger partial charge is 0.358 e. The van der Waals surface area contributed by atoms with E-state index in [1.54, 1.807) is 24.5 Å². The molecule has 1 aromatic rings. The van der Waals surface area contributed by atoms with Crippen LogP contribution in [0.25, 0.3) is 6.08 Å². The lowest BCUT2D eigenvalue weighted by Gasteiger charge is -1.89. The molecule has 0 bridgehead atoms. The topological polar surface area (TPSA) is 49.7 Å². The van der Waals surface area contributed by atoms with Gasteiger partial charge in [-0.3, -0.25) is 0 Å². The van der Waals surface area contributed by atoms with Crippen molar-refractivity contribution in [2.24, 2.45) is 10.4 Å². The molecular formula is C6H5N3O. The van der Waals surface area contributed by atoms with E-state index in [9.17, 15) is 0 Å². The normalized spacial score (nSPS) is 14.0. The molecule has 1 aromatic heterocycles. The van der Waals surface area contributed by atoms with Crippen molar-refractivity contribution in [1.82, 2.24) is 4.98 Å². The van der Waals surface area contributed by atoms with E-state index in [1.165, 1.54) is 0 Å². The van der Waals surface area contributed by atoms with Crippen molar-refractivity contribution < 1.29 is 4.84 Å². The number of rotatable bonds is 0. The quantitative estimate of drug-likeness (QED) is 0.578. The van der Waals surface area contributed by atoms with Gasteiger partial charge in [0.1, 0.15) is 0 Å². The van der Waals surface area contributed by atoms with Gasteiger partial charge in [-0.1, -0.05) is 0 Å². The van der Waals surface area contributed by atoms with E-state index in [-0.39, 0.29) is 0 Å². The van der Waals surface area contributed by atoms with Crippen LogP contribution in [-0.4, -0.2) is 4.98 Å². The summed E-state index contributed by atoms with van der Waals surface area (Å²) >= 11 is 0. The fraction of sp³-hybridized carbons (Fsp3) is 0. The predicted molar refractivity (Wildman–Crippen MR) is 35.3 cm³/mol. The molecule has 0 fully saturated rings. The third-order valence-corrected chi connectivity index (χ3v) is 1.23. The fourth-order valence-corrected chi connectivity index (χ4v) is 0.781. The number of fused-ring (bicyclic) bond motifs is 1. The summed E-state index contributed by atoms with van der Waals surface area (Å²) in [6.45, 7) is 0. The summed E-state index contributed by atoms with van der Waals surface area (Å²) < 4.78 is 0. The molecule has 0 unspecified atom stereocenters. The Balaban J connectivity index is 2.50. The van der Waals surface area contributed by atoms with Crippen molar-refractivity contribution in [3.8, 4) is 5.75 Å². The van der Waals surface area contributed by atoms with Crippen LogP contribution in [0.3, 0.4) is 0 Å². The van der Waals surface area contributed by atoms with E-state index in [4.69, 9.17) is 4.84 Å². The Hall–Kier alpha value is -1.58. The Bertz CT molecular complexity index is 287. The van der Waals surface area contributed by atoms with E-state index >= 15 is 0 Å². The summed E-state index contributed by atoms with van der Waals surface area (Å²) in [7, 11) is 0. The zero-order valence-electron chi connectivity index (χ0n) is 5.11. The highest BCUT2D eigenvalue weighted by molar-refractivity contribution is 5.53. The average molecular weight is 135 g/mol. The van der Waals surface area contributed by atoms with Crippen LogP contribution in [0.4, 0.5) is 0 Å². The average Bonchev–Trinajstić information content (AvgIpc) is 2.28. The third kappa shape index (κ3) is 0.699. The lowest BCUT2D eigenvalue weighted by molar-refractivity contribution is 0.313. The standard InChI is InChI=1S/C6H5N3O/c1-4-8-9-10-6-2-3-7-5(1)6/h1-4,7H. The van der Waals surface area contributed by atoms with Gasteiger partial charge in [0.25, 0.3) is 0 Å². The van der Waals surface area contributed by atoms with Gasteiger partial charge in [-0.25, -0.2) is 0 Å². The van der Waals surface area contributed by atoms with Crippen LogP contribution in [0.5, 0.6) is 5.75 Å². The van der Waals surface area contributed by atoms with Gasteiger partial charge < -0.3 is 9.82 Å². The smallest absolute Gasteiger partial charge is 0.184 e. The number of hydrogen-bond acceptors (Lipinski definition) is 3. The highest BCUT2D eigenvalue weighted by Crippen LogP contribution is 2.19. The second kappa shape index (κ2) is 1.98. The molecular weight excluding hydrogens is 130 g/mol. The molecule has 2 heterocycles. The molecule has 0 aromatic carbocycles.